The Morgan fingerprint density at radius 3 is 2.45 bits per heavy atom. The standard InChI is InChI=1S/C9H10OS/c1-11-9-4-2-8(3-5-9)6-7-10/h2-5,7H,6H2,1H3. The number of benzene rings is 1. The Morgan fingerprint density at radius 1 is 1.36 bits per heavy atom. The molecule has 0 saturated heterocycles. The monoisotopic (exact) mass is 166 g/mol. The summed E-state index contributed by atoms with van der Waals surface area (Å²) in [6.07, 6.45) is 3.48. The van der Waals surface area contributed by atoms with Gasteiger partial charge >= 0.3 is 0 Å². The van der Waals surface area contributed by atoms with E-state index in [0.717, 1.165) is 11.8 Å². The molecule has 0 aliphatic heterocycles. The van der Waals surface area contributed by atoms with Crippen molar-refractivity contribution >= 4 is 18.0 Å². The van der Waals surface area contributed by atoms with Gasteiger partial charge in [0.2, 0.25) is 0 Å². The summed E-state index contributed by atoms with van der Waals surface area (Å²) in [5.74, 6) is 0. The number of carbonyl (C=O) groups is 1. The van der Waals surface area contributed by atoms with E-state index in [-0.39, 0.29) is 0 Å². The molecule has 11 heavy (non-hydrogen) atoms. The second-order valence-corrected chi connectivity index (χ2v) is 3.10. The zero-order chi connectivity index (χ0) is 8.10. The third-order valence-corrected chi connectivity index (χ3v) is 2.22. The number of hydrogen-bond donors (Lipinski definition) is 0. The summed E-state index contributed by atoms with van der Waals surface area (Å²) in [6.45, 7) is 0. The quantitative estimate of drug-likeness (QED) is 0.505. The van der Waals surface area contributed by atoms with Crippen molar-refractivity contribution in [3.63, 3.8) is 0 Å². The number of thioether (sulfide) groups is 1. The van der Waals surface area contributed by atoms with Crippen LogP contribution in [-0.4, -0.2) is 12.5 Å². The minimum atomic E-state index is 0.522. The molecule has 1 aromatic rings. The Kier molecular flexibility index (Phi) is 3.17. The van der Waals surface area contributed by atoms with Gasteiger partial charge in [0.15, 0.2) is 0 Å². The zero-order valence-corrected chi connectivity index (χ0v) is 7.23. The first kappa shape index (κ1) is 8.34. The molecule has 0 atom stereocenters. The molecule has 0 bridgehead atoms. The van der Waals surface area contributed by atoms with Crippen LogP contribution >= 0.6 is 11.8 Å². The third-order valence-electron chi connectivity index (χ3n) is 1.48. The van der Waals surface area contributed by atoms with E-state index in [0.29, 0.717) is 6.42 Å². The summed E-state index contributed by atoms with van der Waals surface area (Å²) >= 11 is 1.71. The van der Waals surface area contributed by atoms with E-state index < -0.39 is 0 Å². The van der Waals surface area contributed by atoms with Crippen molar-refractivity contribution in [3.8, 4) is 0 Å². The molecule has 2 heteroatoms. The maximum atomic E-state index is 10.1. The van der Waals surface area contributed by atoms with E-state index in [9.17, 15) is 4.79 Å². The molecule has 0 radical (unpaired) electrons. The Labute approximate surface area is 70.8 Å². The van der Waals surface area contributed by atoms with Crippen molar-refractivity contribution in [3.05, 3.63) is 29.8 Å². The highest BCUT2D eigenvalue weighted by atomic mass is 32.2. The van der Waals surface area contributed by atoms with Gasteiger partial charge in [0.05, 0.1) is 0 Å². The van der Waals surface area contributed by atoms with E-state index in [4.69, 9.17) is 0 Å². The van der Waals surface area contributed by atoms with Crippen LogP contribution in [0.2, 0.25) is 0 Å². The molecule has 0 unspecified atom stereocenters. The normalized spacial score (nSPS) is 9.55. The van der Waals surface area contributed by atoms with Crippen LogP contribution in [0.15, 0.2) is 29.2 Å². The van der Waals surface area contributed by atoms with Gasteiger partial charge in [-0.3, -0.25) is 0 Å². The fourth-order valence-corrected chi connectivity index (χ4v) is 1.27. The molecule has 0 aromatic heterocycles. The predicted octanol–water partition coefficient (Wildman–Crippen LogP) is 2.15. The van der Waals surface area contributed by atoms with Crippen molar-refractivity contribution in [2.45, 2.75) is 11.3 Å². The summed E-state index contributed by atoms with van der Waals surface area (Å²) < 4.78 is 0. The van der Waals surface area contributed by atoms with Gasteiger partial charge in [-0.1, -0.05) is 12.1 Å². The van der Waals surface area contributed by atoms with Gasteiger partial charge < -0.3 is 4.79 Å². The first-order chi connectivity index (χ1) is 5.36. The average molecular weight is 166 g/mol. The van der Waals surface area contributed by atoms with Gasteiger partial charge in [-0.2, -0.15) is 0 Å². The molecule has 0 fully saturated rings. The zero-order valence-electron chi connectivity index (χ0n) is 6.41. The van der Waals surface area contributed by atoms with Crippen LogP contribution in [0.1, 0.15) is 5.56 Å². The van der Waals surface area contributed by atoms with Crippen LogP contribution in [0.25, 0.3) is 0 Å². The van der Waals surface area contributed by atoms with Crippen LogP contribution in [0.5, 0.6) is 0 Å². The van der Waals surface area contributed by atoms with Crippen molar-refractivity contribution in [2.24, 2.45) is 0 Å². The maximum absolute atomic E-state index is 10.1. The molecule has 1 aromatic carbocycles. The Balaban J connectivity index is 2.74. The predicted molar refractivity (Wildman–Crippen MR) is 48.0 cm³/mol. The second-order valence-electron chi connectivity index (χ2n) is 2.22. The number of aldehydes is 1. The van der Waals surface area contributed by atoms with Gasteiger partial charge in [0, 0.05) is 11.3 Å². The molecule has 0 amide bonds. The maximum Gasteiger partial charge on any atom is 0.124 e. The lowest BCUT2D eigenvalue weighted by Gasteiger charge is -1.96. The topological polar surface area (TPSA) is 17.1 Å². The van der Waals surface area contributed by atoms with Crippen molar-refractivity contribution in [2.75, 3.05) is 6.26 Å². The van der Waals surface area contributed by atoms with Gasteiger partial charge in [-0.25, -0.2) is 0 Å². The largest absolute Gasteiger partial charge is 0.303 e. The van der Waals surface area contributed by atoms with E-state index in [1.54, 1.807) is 11.8 Å². The van der Waals surface area contributed by atoms with Crippen LogP contribution in [0.4, 0.5) is 0 Å². The number of carbonyl (C=O) groups excluding carboxylic acids is 1. The Morgan fingerprint density at radius 2 is 2.00 bits per heavy atom. The minimum absolute atomic E-state index is 0.522. The van der Waals surface area contributed by atoms with Gasteiger partial charge in [0.25, 0.3) is 0 Å². The lowest BCUT2D eigenvalue weighted by atomic mass is 10.2. The molecule has 0 spiro atoms. The molecule has 0 saturated carbocycles. The SMILES string of the molecule is CSc1ccc(CC=O)cc1. The highest BCUT2D eigenvalue weighted by Gasteiger charge is 1.91. The molecule has 0 aliphatic carbocycles. The van der Waals surface area contributed by atoms with E-state index in [1.165, 1.54) is 4.90 Å². The molecule has 1 nitrogen and oxygen atoms in total. The molecule has 0 N–H and O–H groups in total. The summed E-state index contributed by atoms with van der Waals surface area (Å²) in [4.78, 5) is 11.4. The van der Waals surface area contributed by atoms with Crippen LogP contribution in [0, 0.1) is 0 Å². The van der Waals surface area contributed by atoms with Gasteiger partial charge in [0.1, 0.15) is 6.29 Å². The second kappa shape index (κ2) is 4.19. The average Bonchev–Trinajstić information content (AvgIpc) is 2.07. The number of hydrogen-bond acceptors (Lipinski definition) is 2. The summed E-state index contributed by atoms with van der Waals surface area (Å²) in [6, 6.07) is 8.04. The number of rotatable bonds is 3. The van der Waals surface area contributed by atoms with E-state index in [1.807, 2.05) is 30.5 Å². The Bertz CT molecular complexity index is 228. The molecular formula is C9H10OS. The van der Waals surface area contributed by atoms with Crippen molar-refractivity contribution in [1.82, 2.24) is 0 Å². The molecule has 1 rings (SSSR count). The highest BCUT2D eigenvalue weighted by molar-refractivity contribution is 7.98. The lowest BCUT2D eigenvalue weighted by molar-refractivity contribution is -0.107. The van der Waals surface area contributed by atoms with Crippen LogP contribution in [-0.2, 0) is 11.2 Å². The summed E-state index contributed by atoms with van der Waals surface area (Å²) in [5, 5.41) is 0. The van der Waals surface area contributed by atoms with E-state index in [2.05, 4.69) is 0 Å². The minimum Gasteiger partial charge on any atom is -0.303 e. The molecular weight excluding hydrogens is 156 g/mol. The fraction of sp³-hybridized carbons (Fsp3) is 0.222. The first-order valence-electron chi connectivity index (χ1n) is 3.43. The fourth-order valence-electron chi connectivity index (χ4n) is 0.858. The Hall–Kier alpha value is -0.760. The highest BCUT2D eigenvalue weighted by Crippen LogP contribution is 2.14. The smallest absolute Gasteiger partial charge is 0.124 e. The summed E-state index contributed by atoms with van der Waals surface area (Å²) in [5.41, 5.74) is 1.08. The van der Waals surface area contributed by atoms with Gasteiger partial charge in [-0.15, -0.1) is 11.8 Å². The van der Waals surface area contributed by atoms with Crippen LogP contribution < -0.4 is 0 Å². The lowest BCUT2D eigenvalue weighted by Crippen LogP contribution is -1.83. The van der Waals surface area contributed by atoms with E-state index >= 15 is 0 Å². The van der Waals surface area contributed by atoms with Crippen molar-refractivity contribution < 1.29 is 4.79 Å². The summed E-state index contributed by atoms with van der Waals surface area (Å²) in [7, 11) is 0. The van der Waals surface area contributed by atoms with Crippen LogP contribution in [0.3, 0.4) is 0 Å². The van der Waals surface area contributed by atoms with Gasteiger partial charge in [-0.05, 0) is 24.0 Å². The third kappa shape index (κ3) is 2.39. The van der Waals surface area contributed by atoms with Crippen molar-refractivity contribution in [1.29, 1.82) is 0 Å². The first-order valence-corrected chi connectivity index (χ1v) is 4.66. The molecule has 58 valence electrons. The molecule has 0 aliphatic rings. The molecule has 0 heterocycles.